The molecule has 23 heavy (non-hydrogen) atoms. The average molecular weight is 339 g/mol. The van der Waals surface area contributed by atoms with Crippen LogP contribution in [0.15, 0.2) is 12.1 Å². The fraction of sp³-hybridized carbons (Fsp3) is 0.533. The van der Waals surface area contributed by atoms with Gasteiger partial charge in [0.1, 0.15) is 27.1 Å². The molecular formula is C15H21N3O4S. The molecule has 0 aliphatic heterocycles. The van der Waals surface area contributed by atoms with Gasteiger partial charge >= 0.3 is 12.2 Å². The normalized spacial score (nSPS) is 11.3. The Morgan fingerprint density at radius 3 is 2.13 bits per heavy atom. The van der Waals surface area contributed by atoms with Crippen molar-refractivity contribution >= 4 is 28.5 Å². The lowest BCUT2D eigenvalue weighted by atomic mass is 10.2. The van der Waals surface area contributed by atoms with E-state index in [0.29, 0.717) is 9.88 Å². The first-order valence-corrected chi connectivity index (χ1v) is 7.75. The molecule has 0 fully saturated rings. The van der Waals surface area contributed by atoms with E-state index in [1.165, 1.54) is 0 Å². The summed E-state index contributed by atoms with van der Waals surface area (Å²) in [6.07, 6.45) is -1.56. The van der Waals surface area contributed by atoms with Crippen molar-refractivity contribution in [2.24, 2.45) is 0 Å². The Labute approximate surface area is 139 Å². The van der Waals surface area contributed by atoms with Crippen LogP contribution in [0.3, 0.4) is 0 Å². The predicted octanol–water partition coefficient (Wildman–Crippen LogP) is 3.80. The SMILES string of the molecule is CC(C)(C)OC(=O)NN(C(=O)OC(C)(C)C)c1ccc(C#N)s1. The Morgan fingerprint density at radius 1 is 1.13 bits per heavy atom. The first kappa shape index (κ1) is 18.8. The number of nitrogens with one attached hydrogen (secondary N) is 1. The number of hydrazine groups is 1. The van der Waals surface area contributed by atoms with Crippen LogP contribution in [0.5, 0.6) is 0 Å². The van der Waals surface area contributed by atoms with Crippen LogP contribution in [0, 0.1) is 11.3 Å². The third kappa shape index (κ3) is 6.57. The van der Waals surface area contributed by atoms with Crippen LogP contribution >= 0.6 is 11.3 Å². The summed E-state index contributed by atoms with van der Waals surface area (Å²) in [5.74, 6) is 0. The number of carbonyl (C=O) groups is 2. The van der Waals surface area contributed by atoms with Crippen molar-refractivity contribution in [3.63, 3.8) is 0 Å². The zero-order chi connectivity index (χ0) is 17.8. The summed E-state index contributed by atoms with van der Waals surface area (Å²) in [5, 5.41) is 10.2. The highest BCUT2D eigenvalue weighted by Gasteiger charge is 2.28. The summed E-state index contributed by atoms with van der Waals surface area (Å²) in [4.78, 5) is 24.7. The molecule has 0 bridgehead atoms. The van der Waals surface area contributed by atoms with Gasteiger partial charge in [-0.2, -0.15) is 10.3 Å². The van der Waals surface area contributed by atoms with Gasteiger partial charge in [0.15, 0.2) is 0 Å². The minimum atomic E-state index is -0.796. The second kappa shape index (κ2) is 6.87. The average Bonchev–Trinajstić information content (AvgIpc) is 2.79. The van der Waals surface area contributed by atoms with Crippen molar-refractivity contribution in [3.8, 4) is 6.07 Å². The number of carbonyl (C=O) groups excluding carboxylic acids is 2. The molecular weight excluding hydrogens is 318 g/mol. The molecule has 7 nitrogen and oxygen atoms in total. The quantitative estimate of drug-likeness (QED) is 0.786. The molecule has 0 atom stereocenters. The molecule has 1 aromatic heterocycles. The van der Waals surface area contributed by atoms with Crippen molar-refractivity contribution in [2.75, 3.05) is 5.01 Å². The number of anilines is 1. The Hall–Kier alpha value is -2.27. The lowest BCUT2D eigenvalue weighted by Gasteiger charge is -2.27. The first-order valence-electron chi connectivity index (χ1n) is 6.94. The molecule has 1 rings (SSSR count). The van der Waals surface area contributed by atoms with Crippen LogP contribution < -0.4 is 10.4 Å². The molecule has 0 aromatic carbocycles. The van der Waals surface area contributed by atoms with Crippen molar-refractivity contribution in [2.45, 2.75) is 52.7 Å². The van der Waals surface area contributed by atoms with E-state index in [-0.39, 0.29) is 0 Å². The lowest BCUT2D eigenvalue weighted by Crippen LogP contribution is -2.49. The van der Waals surface area contributed by atoms with E-state index >= 15 is 0 Å². The number of nitriles is 1. The van der Waals surface area contributed by atoms with Gasteiger partial charge in [0, 0.05) is 0 Å². The van der Waals surface area contributed by atoms with Crippen LogP contribution in [0.2, 0.25) is 0 Å². The maximum absolute atomic E-state index is 12.3. The Bertz CT molecular complexity index is 620. The Balaban J connectivity index is 2.99. The van der Waals surface area contributed by atoms with Crippen LogP contribution in [0.4, 0.5) is 14.6 Å². The number of nitrogens with zero attached hydrogens (tertiary/aromatic N) is 2. The first-order chi connectivity index (χ1) is 10.4. The topological polar surface area (TPSA) is 91.7 Å². The minimum Gasteiger partial charge on any atom is -0.443 e. The van der Waals surface area contributed by atoms with E-state index < -0.39 is 23.4 Å². The van der Waals surface area contributed by atoms with Gasteiger partial charge in [-0.25, -0.2) is 15.0 Å². The van der Waals surface area contributed by atoms with Gasteiger partial charge in [-0.05, 0) is 53.7 Å². The zero-order valence-corrected chi connectivity index (χ0v) is 14.9. The van der Waals surface area contributed by atoms with Gasteiger partial charge < -0.3 is 9.47 Å². The molecule has 0 aliphatic carbocycles. The number of ether oxygens (including phenoxy) is 2. The number of amides is 2. The fourth-order valence-electron chi connectivity index (χ4n) is 1.40. The summed E-state index contributed by atoms with van der Waals surface area (Å²) in [5.41, 5.74) is 0.901. The van der Waals surface area contributed by atoms with Gasteiger partial charge in [-0.15, -0.1) is 11.3 Å². The van der Waals surface area contributed by atoms with E-state index in [0.717, 1.165) is 16.3 Å². The van der Waals surface area contributed by atoms with Crippen LogP contribution in [-0.4, -0.2) is 23.4 Å². The second-order valence-electron chi connectivity index (χ2n) is 6.68. The van der Waals surface area contributed by atoms with Crippen LogP contribution in [0.1, 0.15) is 46.4 Å². The van der Waals surface area contributed by atoms with E-state index in [1.54, 1.807) is 53.7 Å². The molecule has 2 amide bonds. The summed E-state index contributed by atoms with van der Waals surface area (Å²) in [7, 11) is 0. The zero-order valence-electron chi connectivity index (χ0n) is 14.1. The van der Waals surface area contributed by atoms with Crippen molar-refractivity contribution < 1.29 is 19.1 Å². The van der Waals surface area contributed by atoms with Crippen molar-refractivity contribution in [1.82, 2.24) is 5.43 Å². The fourth-order valence-corrected chi connectivity index (χ4v) is 2.15. The highest BCUT2D eigenvalue weighted by atomic mass is 32.1. The molecule has 8 heteroatoms. The van der Waals surface area contributed by atoms with Crippen LogP contribution in [-0.2, 0) is 9.47 Å². The third-order valence-corrected chi connectivity index (χ3v) is 3.08. The highest BCUT2D eigenvalue weighted by molar-refractivity contribution is 7.16. The molecule has 0 spiro atoms. The standard InChI is InChI=1S/C15H21N3O4S/c1-14(2,3)21-12(19)17-18(13(20)22-15(4,5)6)11-8-7-10(9-16)23-11/h7-8H,1-6H3,(H,17,19). The van der Waals surface area contributed by atoms with E-state index in [9.17, 15) is 9.59 Å². The van der Waals surface area contributed by atoms with Crippen molar-refractivity contribution in [1.29, 1.82) is 5.26 Å². The highest BCUT2D eigenvalue weighted by Crippen LogP contribution is 2.26. The number of hydrogen-bond acceptors (Lipinski definition) is 6. The van der Waals surface area contributed by atoms with E-state index in [2.05, 4.69) is 5.43 Å². The summed E-state index contributed by atoms with van der Waals surface area (Å²) in [6.45, 7) is 10.3. The summed E-state index contributed by atoms with van der Waals surface area (Å²) in [6, 6.07) is 5.07. The molecule has 1 heterocycles. The minimum absolute atomic E-state index is 0.349. The van der Waals surface area contributed by atoms with Gasteiger partial charge in [0.05, 0.1) is 0 Å². The number of hydrogen-bond donors (Lipinski definition) is 1. The molecule has 1 N–H and O–H groups in total. The van der Waals surface area contributed by atoms with Gasteiger partial charge in [-0.1, -0.05) is 0 Å². The van der Waals surface area contributed by atoms with Gasteiger partial charge in [0.25, 0.3) is 0 Å². The molecule has 0 saturated heterocycles. The Kier molecular flexibility index (Phi) is 5.61. The molecule has 1 aromatic rings. The molecule has 0 unspecified atom stereocenters. The maximum Gasteiger partial charge on any atom is 0.434 e. The summed E-state index contributed by atoms with van der Waals surface area (Å²) >= 11 is 1.05. The molecule has 126 valence electrons. The molecule has 0 saturated carbocycles. The van der Waals surface area contributed by atoms with Crippen LogP contribution in [0.25, 0.3) is 0 Å². The van der Waals surface area contributed by atoms with Gasteiger partial charge in [-0.3, -0.25) is 0 Å². The monoisotopic (exact) mass is 339 g/mol. The second-order valence-corrected chi connectivity index (χ2v) is 7.74. The third-order valence-electron chi connectivity index (χ3n) is 2.10. The number of rotatable bonds is 1. The maximum atomic E-state index is 12.3. The van der Waals surface area contributed by atoms with Crippen molar-refractivity contribution in [3.05, 3.63) is 17.0 Å². The molecule has 0 aliphatic rings. The smallest absolute Gasteiger partial charge is 0.434 e. The lowest BCUT2D eigenvalue weighted by molar-refractivity contribution is 0.0426. The largest absolute Gasteiger partial charge is 0.443 e. The number of thiophene rings is 1. The predicted molar refractivity (Wildman–Crippen MR) is 87.1 cm³/mol. The van der Waals surface area contributed by atoms with Gasteiger partial charge in [0.2, 0.25) is 0 Å². The Morgan fingerprint density at radius 2 is 1.70 bits per heavy atom. The van der Waals surface area contributed by atoms with E-state index in [1.807, 2.05) is 6.07 Å². The summed E-state index contributed by atoms with van der Waals surface area (Å²) < 4.78 is 10.4. The molecule has 0 radical (unpaired) electrons. The van der Waals surface area contributed by atoms with E-state index in [4.69, 9.17) is 14.7 Å².